The fraction of sp³-hybridized carbons (Fsp3) is 0.0870. The van der Waals surface area contributed by atoms with E-state index in [-0.39, 0.29) is 18.1 Å². The molecule has 0 unspecified atom stereocenters. The SMILES string of the molecule is COc1cc(CC(=O)Nc2cccc(C=Cc3ccccc3)c2)ccc1O. The summed E-state index contributed by atoms with van der Waals surface area (Å²) in [6, 6.07) is 22.6. The number of phenols is 1. The Bertz CT molecular complexity index is 949. The molecule has 3 aromatic rings. The number of ether oxygens (including phenoxy) is 1. The highest BCUT2D eigenvalue weighted by molar-refractivity contribution is 5.92. The van der Waals surface area contributed by atoms with Crippen LogP contribution >= 0.6 is 0 Å². The molecular weight excluding hydrogens is 338 g/mol. The van der Waals surface area contributed by atoms with E-state index in [1.807, 2.05) is 66.7 Å². The number of methoxy groups -OCH3 is 1. The molecule has 0 aliphatic carbocycles. The average Bonchev–Trinajstić information content (AvgIpc) is 2.69. The van der Waals surface area contributed by atoms with Gasteiger partial charge in [-0.05, 0) is 41.0 Å². The van der Waals surface area contributed by atoms with Gasteiger partial charge in [-0.3, -0.25) is 4.79 Å². The molecule has 1 amide bonds. The Morgan fingerprint density at radius 2 is 1.70 bits per heavy atom. The van der Waals surface area contributed by atoms with E-state index in [0.29, 0.717) is 5.75 Å². The highest BCUT2D eigenvalue weighted by Crippen LogP contribution is 2.26. The topological polar surface area (TPSA) is 58.6 Å². The maximum absolute atomic E-state index is 12.3. The second-order valence-electron chi connectivity index (χ2n) is 6.10. The van der Waals surface area contributed by atoms with Gasteiger partial charge in [0, 0.05) is 5.69 Å². The number of carbonyl (C=O) groups is 1. The molecule has 3 aromatic carbocycles. The van der Waals surface area contributed by atoms with Gasteiger partial charge in [-0.15, -0.1) is 0 Å². The number of carbonyl (C=O) groups excluding carboxylic acids is 1. The molecule has 0 saturated carbocycles. The van der Waals surface area contributed by atoms with E-state index in [4.69, 9.17) is 4.74 Å². The van der Waals surface area contributed by atoms with E-state index >= 15 is 0 Å². The quantitative estimate of drug-likeness (QED) is 0.624. The van der Waals surface area contributed by atoms with Crippen molar-refractivity contribution in [3.63, 3.8) is 0 Å². The summed E-state index contributed by atoms with van der Waals surface area (Å²) >= 11 is 0. The van der Waals surface area contributed by atoms with Gasteiger partial charge >= 0.3 is 0 Å². The number of rotatable bonds is 6. The lowest BCUT2D eigenvalue weighted by molar-refractivity contribution is -0.115. The summed E-state index contributed by atoms with van der Waals surface area (Å²) in [6.07, 6.45) is 4.24. The molecule has 4 nitrogen and oxygen atoms in total. The van der Waals surface area contributed by atoms with Crippen LogP contribution in [0.4, 0.5) is 5.69 Å². The molecule has 0 aromatic heterocycles. The number of phenolic OH excluding ortho intramolecular Hbond substituents is 1. The van der Waals surface area contributed by atoms with Crippen LogP contribution < -0.4 is 10.1 Å². The zero-order valence-corrected chi connectivity index (χ0v) is 15.1. The lowest BCUT2D eigenvalue weighted by Gasteiger charge is -2.08. The first-order valence-electron chi connectivity index (χ1n) is 8.63. The van der Waals surface area contributed by atoms with Crippen LogP contribution in [0.2, 0.25) is 0 Å². The molecule has 0 spiro atoms. The highest BCUT2D eigenvalue weighted by Gasteiger charge is 2.08. The van der Waals surface area contributed by atoms with Crippen LogP contribution in [0.3, 0.4) is 0 Å². The highest BCUT2D eigenvalue weighted by atomic mass is 16.5. The molecule has 27 heavy (non-hydrogen) atoms. The van der Waals surface area contributed by atoms with Crippen LogP contribution in [0.25, 0.3) is 12.2 Å². The van der Waals surface area contributed by atoms with Crippen molar-refractivity contribution in [1.29, 1.82) is 0 Å². The molecule has 0 aliphatic heterocycles. The van der Waals surface area contributed by atoms with Crippen molar-refractivity contribution in [2.75, 3.05) is 12.4 Å². The van der Waals surface area contributed by atoms with Crippen LogP contribution in [0.5, 0.6) is 11.5 Å². The van der Waals surface area contributed by atoms with Crippen LogP contribution in [-0.2, 0) is 11.2 Å². The van der Waals surface area contributed by atoms with Gasteiger partial charge in [-0.1, -0.05) is 60.7 Å². The van der Waals surface area contributed by atoms with Crippen LogP contribution in [0.15, 0.2) is 72.8 Å². The lowest BCUT2D eigenvalue weighted by Crippen LogP contribution is -2.14. The Kier molecular flexibility index (Phi) is 5.90. The summed E-state index contributed by atoms with van der Waals surface area (Å²) < 4.78 is 5.08. The van der Waals surface area contributed by atoms with E-state index in [2.05, 4.69) is 5.32 Å². The second kappa shape index (κ2) is 8.72. The van der Waals surface area contributed by atoms with E-state index in [1.165, 1.54) is 13.2 Å². The number of anilines is 1. The molecule has 0 heterocycles. The van der Waals surface area contributed by atoms with Gasteiger partial charge in [0.25, 0.3) is 0 Å². The molecule has 3 rings (SSSR count). The van der Waals surface area contributed by atoms with Gasteiger partial charge in [0.05, 0.1) is 13.5 Å². The van der Waals surface area contributed by atoms with Gasteiger partial charge in [0.1, 0.15) is 0 Å². The zero-order valence-electron chi connectivity index (χ0n) is 15.1. The summed E-state index contributed by atoms with van der Waals surface area (Å²) in [4.78, 5) is 12.3. The summed E-state index contributed by atoms with van der Waals surface area (Å²) in [5.74, 6) is 0.278. The normalized spacial score (nSPS) is 10.7. The van der Waals surface area contributed by atoms with Crippen molar-refractivity contribution in [1.82, 2.24) is 0 Å². The third-order valence-electron chi connectivity index (χ3n) is 4.05. The van der Waals surface area contributed by atoms with Crippen molar-refractivity contribution >= 4 is 23.7 Å². The molecule has 0 saturated heterocycles. The number of benzene rings is 3. The minimum absolute atomic E-state index is 0.0552. The minimum Gasteiger partial charge on any atom is -0.504 e. The fourth-order valence-corrected chi connectivity index (χ4v) is 2.70. The standard InChI is InChI=1S/C23H21NO3/c1-27-22-15-19(12-13-21(22)25)16-23(26)24-20-9-5-8-18(14-20)11-10-17-6-3-2-4-7-17/h2-15,25H,16H2,1H3,(H,24,26). The van der Waals surface area contributed by atoms with E-state index in [1.54, 1.807) is 12.1 Å². The van der Waals surface area contributed by atoms with Crippen LogP contribution in [0, 0.1) is 0 Å². The molecule has 0 bridgehead atoms. The molecule has 0 fully saturated rings. The summed E-state index contributed by atoms with van der Waals surface area (Å²) in [7, 11) is 1.48. The van der Waals surface area contributed by atoms with Gasteiger partial charge in [-0.2, -0.15) is 0 Å². The monoisotopic (exact) mass is 359 g/mol. The first kappa shape index (κ1) is 18.3. The second-order valence-corrected chi connectivity index (χ2v) is 6.10. The smallest absolute Gasteiger partial charge is 0.228 e. The van der Waals surface area contributed by atoms with Crippen LogP contribution in [0.1, 0.15) is 16.7 Å². The first-order valence-corrected chi connectivity index (χ1v) is 8.63. The maximum atomic E-state index is 12.3. The molecule has 0 radical (unpaired) electrons. The summed E-state index contributed by atoms with van der Waals surface area (Å²) in [6.45, 7) is 0. The summed E-state index contributed by atoms with van der Waals surface area (Å²) in [5, 5.41) is 12.5. The first-order chi connectivity index (χ1) is 13.1. The largest absolute Gasteiger partial charge is 0.504 e. The van der Waals surface area contributed by atoms with E-state index in [0.717, 1.165) is 22.4 Å². The maximum Gasteiger partial charge on any atom is 0.228 e. The lowest BCUT2D eigenvalue weighted by atomic mass is 10.1. The average molecular weight is 359 g/mol. The molecule has 2 N–H and O–H groups in total. The fourth-order valence-electron chi connectivity index (χ4n) is 2.70. The van der Waals surface area contributed by atoms with Crippen molar-refractivity contribution in [3.8, 4) is 11.5 Å². The molecular formula is C23H21NO3. The van der Waals surface area contributed by atoms with Gasteiger partial charge in [-0.25, -0.2) is 0 Å². The Labute approximate surface area is 158 Å². The van der Waals surface area contributed by atoms with Crippen molar-refractivity contribution in [2.45, 2.75) is 6.42 Å². The Morgan fingerprint density at radius 1 is 0.963 bits per heavy atom. The predicted octanol–water partition coefficient (Wildman–Crippen LogP) is 4.75. The minimum atomic E-state index is -0.132. The number of aromatic hydroxyl groups is 1. The third-order valence-corrected chi connectivity index (χ3v) is 4.05. The van der Waals surface area contributed by atoms with Gasteiger partial charge < -0.3 is 15.2 Å². The van der Waals surface area contributed by atoms with Gasteiger partial charge in [0.2, 0.25) is 5.91 Å². The molecule has 4 heteroatoms. The van der Waals surface area contributed by atoms with Crippen molar-refractivity contribution < 1.29 is 14.6 Å². The summed E-state index contributed by atoms with van der Waals surface area (Å²) in [5.41, 5.74) is 3.62. The number of hydrogen-bond donors (Lipinski definition) is 2. The predicted molar refractivity (Wildman–Crippen MR) is 109 cm³/mol. The molecule has 0 atom stereocenters. The van der Waals surface area contributed by atoms with E-state index < -0.39 is 0 Å². The Balaban J connectivity index is 1.65. The number of hydrogen-bond acceptors (Lipinski definition) is 3. The van der Waals surface area contributed by atoms with Crippen molar-refractivity contribution in [3.05, 3.63) is 89.5 Å². The van der Waals surface area contributed by atoms with E-state index in [9.17, 15) is 9.90 Å². The Morgan fingerprint density at radius 3 is 2.48 bits per heavy atom. The number of nitrogens with one attached hydrogen (secondary N) is 1. The van der Waals surface area contributed by atoms with Crippen LogP contribution in [-0.4, -0.2) is 18.1 Å². The zero-order chi connectivity index (χ0) is 19.1. The van der Waals surface area contributed by atoms with Gasteiger partial charge in [0.15, 0.2) is 11.5 Å². The molecule has 0 aliphatic rings. The number of amides is 1. The Hall–Kier alpha value is -3.53. The van der Waals surface area contributed by atoms with Crippen molar-refractivity contribution in [2.24, 2.45) is 0 Å². The molecule has 136 valence electrons. The third kappa shape index (κ3) is 5.22.